The molecule has 0 aliphatic heterocycles. The Morgan fingerprint density at radius 2 is 1.92 bits per heavy atom. The second-order valence-corrected chi connectivity index (χ2v) is 13.9. The third-order valence-corrected chi connectivity index (χ3v) is 6.77. The number of halogens is 2. The normalized spacial score (nSPS) is 16.0. The van der Waals surface area contributed by atoms with Gasteiger partial charge < -0.3 is 4.43 Å². The van der Waals surface area contributed by atoms with E-state index in [9.17, 15) is 0 Å². The van der Waals surface area contributed by atoms with E-state index in [0.717, 1.165) is 12.7 Å². The SMILES string of the molecule is CCCCCC[Si](Cl)(I)OCC. The van der Waals surface area contributed by atoms with Crippen LogP contribution >= 0.6 is 32.9 Å². The molecule has 0 N–H and O–H groups in total. The van der Waals surface area contributed by atoms with Gasteiger partial charge >= 0.3 is 5.12 Å². The van der Waals surface area contributed by atoms with E-state index in [-0.39, 0.29) is 0 Å². The summed E-state index contributed by atoms with van der Waals surface area (Å²) in [5.41, 5.74) is 0. The van der Waals surface area contributed by atoms with Crippen LogP contribution in [0.25, 0.3) is 0 Å². The van der Waals surface area contributed by atoms with Crippen LogP contribution < -0.4 is 0 Å². The molecule has 4 heteroatoms. The molecule has 0 radical (unpaired) electrons. The molecule has 0 aliphatic rings. The Labute approximate surface area is 94.3 Å². The summed E-state index contributed by atoms with van der Waals surface area (Å²) >= 11 is 8.53. The predicted molar refractivity (Wildman–Crippen MR) is 66.2 cm³/mol. The molecule has 0 aromatic rings. The van der Waals surface area contributed by atoms with Gasteiger partial charge in [0, 0.05) is 6.61 Å². The first-order chi connectivity index (χ1) is 5.62. The minimum atomic E-state index is -1.81. The van der Waals surface area contributed by atoms with Crippen molar-refractivity contribution < 1.29 is 4.43 Å². The van der Waals surface area contributed by atoms with Crippen LogP contribution in [0, 0.1) is 0 Å². The molecule has 1 unspecified atom stereocenters. The topological polar surface area (TPSA) is 9.23 Å². The maximum absolute atomic E-state index is 6.22. The average Bonchev–Trinajstić information content (AvgIpc) is 1.98. The highest BCUT2D eigenvalue weighted by Gasteiger charge is 2.27. The van der Waals surface area contributed by atoms with E-state index in [2.05, 4.69) is 28.7 Å². The molecular weight excluding hydrogens is 303 g/mol. The molecule has 0 fully saturated rings. The standard InChI is InChI=1S/C8H18ClIOSi/c1-3-5-6-7-8-12(9,10)11-4-2/h3-8H2,1-2H3. The van der Waals surface area contributed by atoms with Gasteiger partial charge in [-0.05, 0) is 13.0 Å². The molecule has 0 saturated carbocycles. The second kappa shape index (κ2) is 7.59. The molecule has 0 amide bonds. The van der Waals surface area contributed by atoms with Crippen LogP contribution in [-0.2, 0) is 4.43 Å². The first kappa shape index (κ1) is 13.2. The third-order valence-electron chi connectivity index (χ3n) is 1.68. The first-order valence-corrected chi connectivity index (χ1v) is 10.9. The van der Waals surface area contributed by atoms with Crippen LogP contribution in [0.15, 0.2) is 0 Å². The summed E-state index contributed by atoms with van der Waals surface area (Å²) in [6.07, 6.45) is 5.14. The maximum Gasteiger partial charge on any atom is 0.356 e. The summed E-state index contributed by atoms with van der Waals surface area (Å²) in [6, 6.07) is 1.09. The van der Waals surface area contributed by atoms with Crippen LogP contribution in [-0.4, -0.2) is 11.7 Å². The van der Waals surface area contributed by atoms with Gasteiger partial charge in [-0.15, -0.1) is 11.1 Å². The van der Waals surface area contributed by atoms with E-state index in [1.165, 1.54) is 25.7 Å². The largest absolute Gasteiger partial charge is 0.396 e. The van der Waals surface area contributed by atoms with E-state index in [0.29, 0.717) is 0 Å². The van der Waals surface area contributed by atoms with E-state index in [4.69, 9.17) is 15.5 Å². The Hall–Kier alpha value is 1.20. The lowest BCUT2D eigenvalue weighted by molar-refractivity contribution is 0.350. The van der Waals surface area contributed by atoms with Gasteiger partial charge in [0.15, 0.2) is 0 Å². The van der Waals surface area contributed by atoms with Crippen molar-refractivity contribution in [3.05, 3.63) is 0 Å². The summed E-state index contributed by atoms with van der Waals surface area (Å²) in [4.78, 5) is 0. The predicted octanol–water partition coefficient (Wildman–Crippen LogP) is 4.22. The van der Waals surface area contributed by atoms with Crippen molar-refractivity contribution in [2.45, 2.75) is 45.6 Å². The Morgan fingerprint density at radius 1 is 1.25 bits per heavy atom. The highest BCUT2D eigenvalue weighted by molar-refractivity contribution is 14.1. The third kappa shape index (κ3) is 7.83. The van der Waals surface area contributed by atoms with Crippen LogP contribution in [0.2, 0.25) is 6.04 Å². The van der Waals surface area contributed by atoms with Gasteiger partial charge in [-0.25, -0.2) is 0 Å². The molecule has 0 spiro atoms. The smallest absolute Gasteiger partial charge is 0.356 e. The van der Waals surface area contributed by atoms with Crippen molar-refractivity contribution in [2.24, 2.45) is 0 Å². The molecule has 0 aromatic carbocycles. The molecule has 0 aromatic heterocycles. The van der Waals surface area contributed by atoms with Gasteiger partial charge in [0.2, 0.25) is 0 Å². The Morgan fingerprint density at radius 3 is 2.42 bits per heavy atom. The van der Waals surface area contributed by atoms with Crippen molar-refractivity contribution in [1.82, 2.24) is 0 Å². The maximum atomic E-state index is 6.22. The van der Waals surface area contributed by atoms with Gasteiger partial charge in [0.25, 0.3) is 0 Å². The average molecular weight is 321 g/mol. The fourth-order valence-electron chi connectivity index (χ4n) is 1.04. The van der Waals surface area contributed by atoms with Crippen molar-refractivity contribution in [3.8, 4) is 0 Å². The molecule has 0 saturated heterocycles. The Balaban J connectivity index is 3.33. The monoisotopic (exact) mass is 320 g/mol. The molecule has 1 atom stereocenters. The Bertz CT molecular complexity index is 111. The van der Waals surface area contributed by atoms with E-state index in [1.54, 1.807) is 0 Å². The van der Waals surface area contributed by atoms with E-state index < -0.39 is 5.12 Å². The highest BCUT2D eigenvalue weighted by atomic mass is 127. The number of unbranched alkanes of at least 4 members (excludes halogenated alkanes) is 3. The number of rotatable bonds is 7. The lowest BCUT2D eigenvalue weighted by Crippen LogP contribution is -2.22. The van der Waals surface area contributed by atoms with Gasteiger partial charge in [0.1, 0.15) is 0 Å². The summed E-state index contributed by atoms with van der Waals surface area (Å²) in [5.74, 6) is 0. The zero-order chi connectivity index (χ0) is 9.45. The fraction of sp³-hybridized carbons (Fsp3) is 1.00. The van der Waals surface area contributed by atoms with Crippen LogP contribution in [0.3, 0.4) is 0 Å². The summed E-state index contributed by atoms with van der Waals surface area (Å²) in [7, 11) is 0. The second-order valence-electron chi connectivity index (χ2n) is 2.88. The van der Waals surface area contributed by atoms with E-state index >= 15 is 0 Å². The highest BCUT2D eigenvalue weighted by Crippen LogP contribution is 2.27. The van der Waals surface area contributed by atoms with Crippen molar-refractivity contribution in [1.29, 1.82) is 0 Å². The zero-order valence-corrected chi connectivity index (χ0v) is 11.8. The van der Waals surface area contributed by atoms with Gasteiger partial charge in [-0.1, -0.05) is 54.4 Å². The van der Waals surface area contributed by atoms with E-state index in [1.807, 2.05) is 6.92 Å². The zero-order valence-electron chi connectivity index (χ0n) is 7.91. The van der Waals surface area contributed by atoms with Crippen LogP contribution in [0.5, 0.6) is 0 Å². The first-order valence-electron chi connectivity index (χ1n) is 4.64. The van der Waals surface area contributed by atoms with Crippen LogP contribution in [0.1, 0.15) is 39.5 Å². The quantitative estimate of drug-likeness (QED) is 0.295. The molecule has 0 aliphatic carbocycles. The van der Waals surface area contributed by atoms with Crippen molar-refractivity contribution in [2.75, 3.05) is 6.61 Å². The molecule has 0 bridgehead atoms. The summed E-state index contributed by atoms with van der Waals surface area (Å²) in [5, 5.41) is -1.81. The molecule has 1 nitrogen and oxygen atoms in total. The van der Waals surface area contributed by atoms with Gasteiger partial charge in [0.05, 0.1) is 0 Å². The lowest BCUT2D eigenvalue weighted by atomic mass is 10.2. The minimum Gasteiger partial charge on any atom is -0.396 e. The molecular formula is C8H18ClIOSi. The minimum absolute atomic E-state index is 0.756. The number of hydrogen-bond donors (Lipinski definition) is 0. The number of hydrogen-bond acceptors (Lipinski definition) is 1. The lowest BCUT2D eigenvalue weighted by Gasteiger charge is -2.16. The molecule has 0 rings (SSSR count). The molecule has 0 heterocycles. The molecule has 12 heavy (non-hydrogen) atoms. The van der Waals surface area contributed by atoms with Crippen molar-refractivity contribution in [3.63, 3.8) is 0 Å². The Kier molecular flexibility index (Phi) is 8.34. The van der Waals surface area contributed by atoms with Crippen LogP contribution in [0.4, 0.5) is 0 Å². The summed E-state index contributed by atoms with van der Waals surface area (Å²) in [6.45, 7) is 4.99. The van der Waals surface area contributed by atoms with Crippen molar-refractivity contribution >= 4 is 38.0 Å². The van der Waals surface area contributed by atoms with Gasteiger partial charge in [-0.3, -0.25) is 0 Å². The fourth-order valence-corrected chi connectivity index (χ4v) is 5.08. The summed E-state index contributed by atoms with van der Waals surface area (Å²) < 4.78 is 5.50. The van der Waals surface area contributed by atoms with Gasteiger partial charge in [-0.2, -0.15) is 0 Å². The molecule has 74 valence electrons.